The molecule has 10 heteroatoms. The first-order valence-corrected chi connectivity index (χ1v) is 5.28. The molecule has 1 heterocycles. The minimum absolute atomic E-state index is 0.103. The molecule has 3 amide bonds. The van der Waals surface area contributed by atoms with Crippen LogP contribution in [0.4, 0.5) is 4.79 Å². The van der Waals surface area contributed by atoms with Gasteiger partial charge in [0.2, 0.25) is 18.0 Å². The lowest BCUT2D eigenvalue weighted by Gasteiger charge is -2.36. The number of fused-ring (bicyclic) bond motifs is 1. The topological polar surface area (TPSA) is 144 Å². The van der Waals surface area contributed by atoms with E-state index in [1.165, 1.54) is 0 Å². The largest absolute Gasteiger partial charge is 0.327 e. The van der Waals surface area contributed by atoms with Crippen LogP contribution in [0.1, 0.15) is 12.8 Å². The Morgan fingerprint density at radius 2 is 1.78 bits per heavy atom. The Bertz CT molecular complexity index is 429. The second-order valence-electron chi connectivity index (χ2n) is 4.36. The summed E-state index contributed by atoms with van der Waals surface area (Å²) in [7, 11) is 0. The molecule has 18 heavy (non-hydrogen) atoms. The van der Waals surface area contributed by atoms with Gasteiger partial charge < -0.3 is 5.32 Å². The lowest BCUT2D eigenvalue weighted by atomic mass is 9.77. The molecule has 0 aromatic rings. The van der Waals surface area contributed by atoms with E-state index in [0.717, 1.165) is 0 Å². The SMILES string of the molecule is O=C1NC(=O)C2CC([N+](=O)[O-])CC([N+](=O)[O-])C2N1. The molecular formula is C8H10N4O6. The molecule has 10 nitrogen and oxygen atoms in total. The van der Waals surface area contributed by atoms with E-state index >= 15 is 0 Å². The molecule has 2 N–H and O–H groups in total. The highest BCUT2D eigenvalue weighted by atomic mass is 16.6. The van der Waals surface area contributed by atoms with Crippen molar-refractivity contribution in [3.8, 4) is 0 Å². The van der Waals surface area contributed by atoms with Crippen molar-refractivity contribution in [3.05, 3.63) is 20.2 Å². The number of carbonyl (C=O) groups excluding carboxylic acids is 2. The summed E-state index contributed by atoms with van der Waals surface area (Å²) >= 11 is 0. The lowest BCUT2D eigenvalue weighted by Crippen LogP contribution is -2.66. The van der Waals surface area contributed by atoms with Gasteiger partial charge >= 0.3 is 6.03 Å². The number of nitrogens with zero attached hydrogens (tertiary/aromatic N) is 2. The molecule has 0 radical (unpaired) electrons. The second-order valence-corrected chi connectivity index (χ2v) is 4.36. The highest BCUT2D eigenvalue weighted by Gasteiger charge is 2.54. The quantitative estimate of drug-likeness (QED) is 0.474. The maximum atomic E-state index is 11.6. The lowest BCUT2D eigenvalue weighted by molar-refractivity contribution is -0.572. The monoisotopic (exact) mass is 258 g/mol. The van der Waals surface area contributed by atoms with Gasteiger partial charge in [0.1, 0.15) is 6.04 Å². The van der Waals surface area contributed by atoms with E-state index in [1.54, 1.807) is 0 Å². The predicted molar refractivity (Wildman–Crippen MR) is 54.8 cm³/mol. The van der Waals surface area contributed by atoms with Crippen LogP contribution in [0.15, 0.2) is 0 Å². The average Bonchev–Trinajstić information content (AvgIpc) is 2.27. The van der Waals surface area contributed by atoms with Gasteiger partial charge in [-0.15, -0.1) is 0 Å². The Kier molecular flexibility index (Phi) is 2.85. The van der Waals surface area contributed by atoms with Gasteiger partial charge in [-0.05, 0) is 0 Å². The van der Waals surface area contributed by atoms with Crippen molar-refractivity contribution in [3.63, 3.8) is 0 Å². The third-order valence-corrected chi connectivity index (χ3v) is 3.33. The number of urea groups is 1. The van der Waals surface area contributed by atoms with Crippen LogP contribution in [0.3, 0.4) is 0 Å². The number of amides is 3. The number of imide groups is 1. The van der Waals surface area contributed by atoms with Crippen molar-refractivity contribution < 1.29 is 19.4 Å². The molecule has 4 atom stereocenters. The summed E-state index contributed by atoms with van der Waals surface area (Å²) in [5.74, 6) is -1.62. The van der Waals surface area contributed by atoms with Gasteiger partial charge in [0, 0.05) is 16.3 Å². The molecule has 0 spiro atoms. The maximum Gasteiger partial charge on any atom is 0.321 e. The van der Waals surface area contributed by atoms with Gasteiger partial charge in [0.25, 0.3) is 0 Å². The minimum atomic E-state index is -1.31. The third kappa shape index (κ3) is 1.96. The second kappa shape index (κ2) is 4.20. The van der Waals surface area contributed by atoms with E-state index in [1.807, 2.05) is 5.32 Å². The molecule has 1 saturated heterocycles. The summed E-state index contributed by atoms with van der Waals surface area (Å²) < 4.78 is 0. The average molecular weight is 258 g/mol. The summed E-state index contributed by atoms with van der Waals surface area (Å²) in [5.41, 5.74) is 0. The van der Waals surface area contributed by atoms with Gasteiger partial charge in [-0.25, -0.2) is 4.79 Å². The molecule has 1 saturated carbocycles. The van der Waals surface area contributed by atoms with Gasteiger partial charge in [0.15, 0.2) is 0 Å². The molecule has 1 aliphatic heterocycles. The number of hydrogen-bond donors (Lipinski definition) is 2. The molecule has 0 aromatic carbocycles. The Labute approximate surface area is 100 Å². The first-order chi connectivity index (χ1) is 8.40. The van der Waals surface area contributed by atoms with Crippen molar-refractivity contribution in [2.24, 2.45) is 5.92 Å². The Morgan fingerprint density at radius 3 is 2.33 bits per heavy atom. The fraction of sp³-hybridized carbons (Fsp3) is 0.750. The normalized spacial score (nSPS) is 35.1. The summed E-state index contributed by atoms with van der Waals surface area (Å²) in [6.45, 7) is 0. The molecule has 4 unspecified atom stereocenters. The van der Waals surface area contributed by atoms with E-state index in [0.29, 0.717) is 0 Å². The number of nitrogens with one attached hydrogen (secondary N) is 2. The van der Waals surface area contributed by atoms with Crippen molar-refractivity contribution in [2.45, 2.75) is 31.0 Å². The van der Waals surface area contributed by atoms with Gasteiger partial charge in [-0.2, -0.15) is 0 Å². The molecule has 2 rings (SSSR count). The molecular weight excluding hydrogens is 248 g/mol. The molecule has 1 aliphatic carbocycles. The maximum absolute atomic E-state index is 11.6. The van der Waals surface area contributed by atoms with E-state index in [-0.39, 0.29) is 12.8 Å². The van der Waals surface area contributed by atoms with Crippen molar-refractivity contribution in [1.82, 2.24) is 10.6 Å². The summed E-state index contributed by atoms with van der Waals surface area (Å²) in [6.07, 6.45) is -0.386. The summed E-state index contributed by atoms with van der Waals surface area (Å²) in [6, 6.07) is -4.22. The highest BCUT2D eigenvalue weighted by Crippen LogP contribution is 2.30. The van der Waals surface area contributed by atoms with E-state index in [4.69, 9.17) is 0 Å². The summed E-state index contributed by atoms with van der Waals surface area (Å²) in [4.78, 5) is 43.0. The number of rotatable bonds is 2. The fourth-order valence-electron chi connectivity index (χ4n) is 2.48. The predicted octanol–water partition coefficient (Wildman–Crippen LogP) is -1.10. The van der Waals surface area contributed by atoms with Crippen LogP contribution in [0.2, 0.25) is 0 Å². The van der Waals surface area contributed by atoms with Crippen molar-refractivity contribution in [2.75, 3.05) is 0 Å². The van der Waals surface area contributed by atoms with Gasteiger partial charge in [-0.1, -0.05) is 0 Å². The van der Waals surface area contributed by atoms with Crippen LogP contribution in [0, 0.1) is 26.1 Å². The zero-order valence-corrected chi connectivity index (χ0v) is 9.07. The first kappa shape index (κ1) is 12.2. The highest BCUT2D eigenvalue weighted by molar-refractivity contribution is 5.98. The summed E-state index contributed by atoms with van der Waals surface area (Å²) in [5, 5.41) is 25.9. The van der Waals surface area contributed by atoms with Crippen LogP contribution in [-0.2, 0) is 4.79 Å². The minimum Gasteiger partial charge on any atom is -0.327 e. The number of nitro groups is 2. The molecule has 0 bridgehead atoms. The van der Waals surface area contributed by atoms with Crippen LogP contribution in [-0.4, -0.2) is 39.9 Å². The zero-order chi connectivity index (χ0) is 13.4. The Hall–Kier alpha value is -2.26. The first-order valence-electron chi connectivity index (χ1n) is 5.28. The molecule has 98 valence electrons. The van der Waals surface area contributed by atoms with Crippen LogP contribution < -0.4 is 10.6 Å². The van der Waals surface area contributed by atoms with Gasteiger partial charge in [0.05, 0.1) is 12.3 Å². The third-order valence-electron chi connectivity index (χ3n) is 3.33. The zero-order valence-electron chi connectivity index (χ0n) is 9.07. The molecule has 0 aromatic heterocycles. The van der Waals surface area contributed by atoms with Crippen LogP contribution >= 0.6 is 0 Å². The van der Waals surface area contributed by atoms with E-state index in [9.17, 15) is 29.8 Å². The smallest absolute Gasteiger partial charge is 0.321 e. The van der Waals surface area contributed by atoms with Gasteiger partial charge in [-0.3, -0.25) is 30.3 Å². The standard InChI is InChI=1S/C8H10N4O6/c13-7-4-1-3(11(15)16)2-5(12(17)18)6(4)9-8(14)10-7/h3-6H,1-2H2,(H2,9,10,13,14). The molecule has 2 fully saturated rings. The van der Waals surface area contributed by atoms with E-state index < -0.39 is 45.8 Å². The fourth-order valence-corrected chi connectivity index (χ4v) is 2.48. The van der Waals surface area contributed by atoms with Crippen LogP contribution in [0.25, 0.3) is 0 Å². The molecule has 2 aliphatic rings. The Balaban J connectivity index is 2.28. The van der Waals surface area contributed by atoms with Crippen molar-refractivity contribution in [1.29, 1.82) is 0 Å². The van der Waals surface area contributed by atoms with Crippen molar-refractivity contribution >= 4 is 11.9 Å². The van der Waals surface area contributed by atoms with E-state index in [2.05, 4.69) is 5.32 Å². The number of hydrogen-bond acceptors (Lipinski definition) is 6. The van der Waals surface area contributed by atoms with Crippen LogP contribution in [0.5, 0.6) is 0 Å². The number of carbonyl (C=O) groups is 2. The Morgan fingerprint density at radius 1 is 1.11 bits per heavy atom.